The second-order valence-electron chi connectivity index (χ2n) is 6.11. The maximum Gasteiger partial charge on any atom is 0.251 e. The number of nitrogens with one attached hydrogen (secondary N) is 2. The van der Waals surface area contributed by atoms with Gasteiger partial charge in [-0.05, 0) is 43.5 Å². The van der Waals surface area contributed by atoms with Crippen molar-refractivity contribution in [3.8, 4) is 0 Å². The van der Waals surface area contributed by atoms with Crippen LogP contribution in [0.25, 0.3) is 0 Å². The van der Waals surface area contributed by atoms with Gasteiger partial charge in [0.1, 0.15) is 0 Å². The van der Waals surface area contributed by atoms with E-state index in [-0.39, 0.29) is 17.4 Å². The van der Waals surface area contributed by atoms with Crippen LogP contribution in [0, 0.1) is 0 Å². The Morgan fingerprint density at radius 2 is 1.83 bits per heavy atom. The molecule has 1 aromatic rings. The standard InChI is InChI=1S/C17H24ClN3O2/c18-14-7-5-13(6-8-14)16(23)20-11-3-4-15(22)21-17(12-19)9-1-2-10-17/h5-8H,1-4,9-12,19H2,(H,20,23)(H,21,22). The van der Waals surface area contributed by atoms with Crippen molar-refractivity contribution in [3.63, 3.8) is 0 Å². The zero-order valence-corrected chi connectivity index (χ0v) is 14.0. The highest BCUT2D eigenvalue weighted by Gasteiger charge is 2.33. The number of hydrogen-bond acceptors (Lipinski definition) is 3. The first kappa shape index (κ1) is 17.8. The molecular weight excluding hydrogens is 314 g/mol. The van der Waals surface area contributed by atoms with Crippen molar-refractivity contribution in [2.24, 2.45) is 5.73 Å². The van der Waals surface area contributed by atoms with Gasteiger partial charge in [0.25, 0.3) is 5.91 Å². The van der Waals surface area contributed by atoms with Gasteiger partial charge in [-0.3, -0.25) is 9.59 Å². The second kappa shape index (κ2) is 8.31. The van der Waals surface area contributed by atoms with Crippen LogP contribution in [0.15, 0.2) is 24.3 Å². The molecule has 4 N–H and O–H groups in total. The largest absolute Gasteiger partial charge is 0.352 e. The van der Waals surface area contributed by atoms with Crippen LogP contribution in [0.2, 0.25) is 5.02 Å². The van der Waals surface area contributed by atoms with E-state index >= 15 is 0 Å². The predicted molar refractivity (Wildman–Crippen MR) is 91.4 cm³/mol. The van der Waals surface area contributed by atoms with Crippen LogP contribution in [0.3, 0.4) is 0 Å². The van der Waals surface area contributed by atoms with Crippen molar-refractivity contribution in [1.82, 2.24) is 10.6 Å². The third kappa shape index (κ3) is 5.22. The molecule has 1 saturated carbocycles. The molecular formula is C17H24ClN3O2. The number of amides is 2. The molecule has 0 unspecified atom stereocenters. The van der Waals surface area contributed by atoms with Gasteiger partial charge in [0, 0.05) is 30.1 Å². The van der Waals surface area contributed by atoms with Crippen molar-refractivity contribution < 1.29 is 9.59 Å². The molecule has 23 heavy (non-hydrogen) atoms. The molecule has 5 nitrogen and oxygen atoms in total. The smallest absolute Gasteiger partial charge is 0.251 e. The Kier molecular flexibility index (Phi) is 6.42. The number of halogens is 1. The summed E-state index contributed by atoms with van der Waals surface area (Å²) in [5, 5.41) is 6.48. The zero-order chi connectivity index (χ0) is 16.7. The van der Waals surface area contributed by atoms with Gasteiger partial charge in [-0.25, -0.2) is 0 Å². The van der Waals surface area contributed by atoms with Crippen LogP contribution < -0.4 is 16.4 Å². The Hall–Kier alpha value is -1.59. The molecule has 0 heterocycles. The lowest BCUT2D eigenvalue weighted by Crippen LogP contribution is -2.51. The maximum absolute atomic E-state index is 12.0. The van der Waals surface area contributed by atoms with Crippen molar-refractivity contribution in [3.05, 3.63) is 34.9 Å². The molecule has 2 rings (SSSR count). The van der Waals surface area contributed by atoms with Crippen molar-refractivity contribution in [2.45, 2.75) is 44.1 Å². The van der Waals surface area contributed by atoms with Crippen LogP contribution in [0.1, 0.15) is 48.9 Å². The van der Waals surface area contributed by atoms with Crippen LogP contribution in [-0.4, -0.2) is 30.4 Å². The molecule has 126 valence electrons. The summed E-state index contributed by atoms with van der Waals surface area (Å²) in [7, 11) is 0. The molecule has 0 bridgehead atoms. The Bertz CT molecular complexity index is 539. The summed E-state index contributed by atoms with van der Waals surface area (Å²) in [6.07, 6.45) is 5.16. The quantitative estimate of drug-likeness (QED) is 0.667. The molecule has 0 aliphatic heterocycles. The van der Waals surface area contributed by atoms with E-state index in [9.17, 15) is 9.59 Å². The summed E-state index contributed by atoms with van der Waals surface area (Å²) in [6.45, 7) is 0.955. The summed E-state index contributed by atoms with van der Waals surface area (Å²) in [6, 6.07) is 6.71. The first-order valence-electron chi connectivity index (χ1n) is 8.09. The molecule has 0 atom stereocenters. The van der Waals surface area contributed by atoms with Gasteiger partial charge in [-0.15, -0.1) is 0 Å². The third-order valence-corrected chi connectivity index (χ3v) is 4.58. The molecule has 0 saturated heterocycles. The number of nitrogens with two attached hydrogens (primary N) is 1. The lowest BCUT2D eigenvalue weighted by Gasteiger charge is -2.28. The maximum atomic E-state index is 12.0. The van der Waals surface area contributed by atoms with E-state index in [2.05, 4.69) is 10.6 Å². The topological polar surface area (TPSA) is 84.2 Å². The normalized spacial score (nSPS) is 16.1. The Labute approximate surface area is 142 Å². The second-order valence-corrected chi connectivity index (χ2v) is 6.54. The fourth-order valence-corrected chi connectivity index (χ4v) is 3.07. The number of carbonyl (C=O) groups excluding carboxylic acids is 2. The fraction of sp³-hybridized carbons (Fsp3) is 0.529. The molecule has 1 aliphatic rings. The van der Waals surface area contributed by atoms with Gasteiger partial charge in [-0.2, -0.15) is 0 Å². The molecule has 1 aliphatic carbocycles. The number of benzene rings is 1. The van der Waals surface area contributed by atoms with Gasteiger partial charge in [0.15, 0.2) is 0 Å². The average molecular weight is 338 g/mol. The van der Waals surface area contributed by atoms with E-state index in [0.717, 1.165) is 25.7 Å². The highest BCUT2D eigenvalue weighted by molar-refractivity contribution is 6.30. The summed E-state index contributed by atoms with van der Waals surface area (Å²) in [4.78, 5) is 23.9. The first-order valence-corrected chi connectivity index (χ1v) is 8.47. The lowest BCUT2D eigenvalue weighted by molar-refractivity contribution is -0.123. The zero-order valence-electron chi connectivity index (χ0n) is 13.2. The molecule has 0 spiro atoms. The van der Waals surface area contributed by atoms with E-state index in [0.29, 0.717) is 36.5 Å². The van der Waals surface area contributed by atoms with Crippen molar-refractivity contribution in [1.29, 1.82) is 0 Å². The van der Waals surface area contributed by atoms with E-state index in [1.807, 2.05) is 0 Å². The molecule has 0 radical (unpaired) electrons. The van der Waals surface area contributed by atoms with E-state index in [1.54, 1.807) is 24.3 Å². The van der Waals surface area contributed by atoms with Crippen LogP contribution in [0.5, 0.6) is 0 Å². The van der Waals surface area contributed by atoms with Gasteiger partial charge >= 0.3 is 0 Å². The Morgan fingerprint density at radius 1 is 1.17 bits per heavy atom. The minimum absolute atomic E-state index is 0.0121. The molecule has 0 aromatic heterocycles. The summed E-state index contributed by atoms with van der Waals surface area (Å²) in [5.74, 6) is -0.144. The number of hydrogen-bond donors (Lipinski definition) is 3. The minimum atomic E-state index is -0.205. The molecule has 1 aromatic carbocycles. The Morgan fingerprint density at radius 3 is 2.43 bits per heavy atom. The Balaban J connectivity index is 1.67. The first-order chi connectivity index (χ1) is 11.0. The third-order valence-electron chi connectivity index (χ3n) is 4.33. The van der Waals surface area contributed by atoms with E-state index in [1.165, 1.54) is 0 Å². The van der Waals surface area contributed by atoms with Crippen molar-refractivity contribution in [2.75, 3.05) is 13.1 Å². The van der Waals surface area contributed by atoms with Gasteiger partial charge < -0.3 is 16.4 Å². The average Bonchev–Trinajstić information content (AvgIpc) is 3.01. The lowest BCUT2D eigenvalue weighted by atomic mass is 9.97. The van der Waals surface area contributed by atoms with E-state index in [4.69, 9.17) is 17.3 Å². The SMILES string of the molecule is NCC1(NC(=O)CCCNC(=O)c2ccc(Cl)cc2)CCCC1. The highest BCUT2D eigenvalue weighted by Crippen LogP contribution is 2.28. The predicted octanol–water partition coefficient (Wildman–Crippen LogP) is 2.24. The highest BCUT2D eigenvalue weighted by atomic mass is 35.5. The van der Waals surface area contributed by atoms with Gasteiger partial charge in [0.2, 0.25) is 5.91 Å². The summed E-state index contributed by atoms with van der Waals surface area (Å²) in [5.41, 5.74) is 6.16. The molecule has 1 fully saturated rings. The molecule has 6 heteroatoms. The summed E-state index contributed by atoms with van der Waals surface area (Å²) >= 11 is 5.79. The number of carbonyl (C=O) groups is 2. The van der Waals surface area contributed by atoms with Crippen LogP contribution in [0.4, 0.5) is 0 Å². The van der Waals surface area contributed by atoms with Crippen LogP contribution >= 0.6 is 11.6 Å². The monoisotopic (exact) mass is 337 g/mol. The number of rotatable bonds is 7. The van der Waals surface area contributed by atoms with Gasteiger partial charge in [0.05, 0.1) is 5.54 Å². The fourth-order valence-electron chi connectivity index (χ4n) is 2.94. The summed E-state index contributed by atoms with van der Waals surface area (Å²) < 4.78 is 0. The van der Waals surface area contributed by atoms with Gasteiger partial charge in [-0.1, -0.05) is 24.4 Å². The van der Waals surface area contributed by atoms with Crippen LogP contribution in [-0.2, 0) is 4.79 Å². The van der Waals surface area contributed by atoms with E-state index < -0.39 is 0 Å². The van der Waals surface area contributed by atoms with Crippen molar-refractivity contribution >= 4 is 23.4 Å². The minimum Gasteiger partial charge on any atom is -0.352 e. The molecule has 2 amide bonds.